The Morgan fingerprint density at radius 3 is 1.44 bits per heavy atom. The van der Waals surface area contributed by atoms with Gasteiger partial charge in [-0.05, 0) is 25.7 Å². The van der Waals surface area contributed by atoms with E-state index < -0.39 is 0 Å². The molecule has 0 saturated heterocycles. The minimum absolute atomic E-state index is 0.761. The third-order valence-corrected chi connectivity index (χ3v) is 6.27. The molecular weight excluding hydrogens is 234 g/mol. The average Bonchev–Trinajstić information content (AvgIpc) is 2.31. The number of rotatable bonds is 2. The Hall–Kier alpha value is 0.370. The van der Waals surface area contributed by atoms with E-state index >= 15 is 0 Å². The Kier molecular flexibility index (Phi) is 5.57. The van der Waals surface area contributed by atoms with Crippen LogP contribution in [-0.2, 0) is 0 Å². The van der Waals surface area contributed by atoms with Crippen LogP contribution in [0.2, 0.25) is 0 Å². The lowest BCUT2D eigenvalue weighted by Gasteiger charge is -2.24. The molecule has 3 heteroatoms. The van der Waals surface area contributed by atoms with E-state index in [0.717, 1.165) is 14.9 Å². The van der Waals surface area contributed by atoms with Gasteiger partial charge in [0, 0.05) is 10.5 Å². The summed E-state index contributed by atoms with van der Waals surface area (Å²) < 4.78 is 0.902. The molecule has 0 radical (unpaired) electrons. The molecule has 0 aromatic heterocycles. The molecule has 0 spiro atoms. The number of hydrogen-bond acceptors (Lipinski definition) is 3. The minimum atomic E-state index is 0.761. The Labute approximate surface area is 108 Å². The van der Waals surface area contributed by atoms with Gasteiger partial charge in [-0.25, -0.2) is 0 Å². The third kappa shape index (κ3) is 4.33. The van der Waals surface area contributed by atoms with E-state index in [4.69, 9.17) is 5.41 Å². The van der Waals surface area contributed by atoms with Crippen LogP contribution < -0.4 is 0 Å². The smallest absolute Gasteiger partial charge is 0.122 e. The molecule has 0 bridgehead atoms. The maximum atomic E-state index is 8.09. The molecule has 2 rings (SSSR count). The summed E-state index contributed by atoms with van der Waals surface area (Å²) >= 11 is 3.72. The fourth-order valence-corrected chi connectivity index (χ4v) is 5.48. The standard InChI is InChI=1S/C13H23NS2/c14-13(15-11-7-3-1-4-8-11)16-12-9-5-2-6-10-12/h11-12,14H,1-10H2. The van der Waals surface area contributed by atoms with Crippen molar-refractivity contribution in [3.05, 3.63) is 0 Å². The summed E-state index contributed by atoms with van der Waals surface area (Å²) in [7, 11) is 0. The predicted molar refractivity (Wildman–Crippen MR) is 76.7 cm³/mol. The van der Waals surface area contributed by atoms with Crippen molar-refractivity contribution in [1.29, 1.82) is 5.41 Å². The van der Waals surface area contributed by atoms with Crippen LogP contribution in [0.1, 0.15) is 64.2 Å². The highest BCUT2D eigenvalue weighted by Crippen LogP contribution is 2.36. The topological polar surface area (TPSA) is 23.9 Å². The zero-order valence-electron chi connectivity index (χ0n) is 10.0. The van der Waals surface area contributed by atoms with E-state index in [9.17, 15) is 0 Å². The second kappa shape index (κ2) is 6.95. The highest BCUT2D eigenvalue weighted by atomic mass is 32.2. The van der Waals surface area contributed by atoms with Crippen molar-refractivity contribution in [3.8, 4) is 0 Å². The van der Waals surface area contributed by atoms with E-state index in [0.29, 0.717) is 0 Å². The highest BCUT2D eigenvalue weighted by molar-refractivity contribution is 8.39. The molecule has 1 nitrogen and oxygen atoms in total. The minimum Gasteiger partial charge on any atom is -0.288 e. The molecule has 0 atom stereocenters. The Morgan fingerprint density at radius 1 is 0.688 bits per heavy atom. The second-order valence-electron chi connectivity index (χ2n) is 5.04. The fraction of sp³-hybridized carbons (Fsp3) is 0.923. The van der Waals surface area contributed by atoms with E-state index in [-0.39, 0.29) is 0 Å². The van der Waals surface area contributed by atoms with E-state index in [1.54, 1.807) is 0 Å². The highest BCUT2D eigenvalue weighted by Gasteiger charge is 2.20. The molecule has 0 amide bonds. The van der Waals surface area contributed by atoms with Gasteiger partial charge in [0.2, 0.25) is 0 Å². The molecule has 1 N–H and O–H groups in total. The lowest BCUT2D eigenvalue weighted by molar-refractivity contribution is 0.516. The monoisotopic (exact) mass is 257 g/mol. The van der Waals surface area contributed by atoms with Crippen LogP contribution in [0, 0.1) is 5.41 Å². The summed E-state index contributed by atoms with van der Waals surface area (Å²) in [5.41, 5.74) is 0. The third-order valence-electron chi connectivity index (χ3n) is 3.65. The fourth-order valence-electron chi connectivity index (χ4n) is 2.70. The summed E-state index contributed by atoms with van der Waals surface area (Å²) in [6, 6.07) is 0. The van der Waals surface area contributed by atoms with Crippen LogP contribution >= 0.6 is 23.5 Å². The van der Waals surface area contributed by atoms with Crippen molar-refractivity contribution in [2.45, 2.75) is 74.7 Å². The summed E-state index contributed by atoms with van der Waals surface area (Å²) in [4.78, 5) is 0. The largest absolute Gasteiger partial charge is 0.288 e. The van der Waals surface area contributed by atoms with E-state index in [1.807, 2.05) is 23.5 Å². The lowest BCUT2D eigenvalue weighted by Crippen LogP contribution is -2.13. The van der Waals surface area contributed by atoms with Gasteiger partial charge in [-0.3, -0.25) is 5.41 Å². The maximum Gasteiger partial charge on any atom is 0.122 e. The van der Waals surface area contributed by atoms with Crippen molar-refractivity contribution in [3.63, 3.8) is 0 Å². The molecule has 0 aromatic rings. The molecule has 2 saturated carbocycles. The molecule has 92 valence electrons. The van der Waals surface area contributed by atoms with Crippen LogP contribution in [0.3, 0.4) is 0 Å². The molecule has 0 aliphatic heterocycles. The van der Waals surface area contributed by atoms with Crippen molar-refractivity contribution in [1.82, 2.24) is 0 Å². The first kappa shape index (κ1) is 12.8. The van der Waals surface area contributed by atoms with Crippen molar-refractivity contribution >= 4 is 27.9 Å². The summed E-state index contributed by atoms with van der Waals surface area (Å²) in [5.74, 6) is 0. The van der Waals surface area contributed by atoms with Crippen LogP contribution in [0.5, 0.6) is 0 Å². The van der Waals surface area contributed by atoms with Gasteiger partial charge in [0.05, 0.1) is 0 Å². The predicted octanol–water partition coefficient (Wildman–Crippen LogP) is 5.05. The van der Waals surface area contributed by atoms with Crippen LogP contribution in [0.25, 0.3) is 0 Å². The SMILES string of the molecule is N=C(SC1CCCCC1)SC1CCCCC1. The van der Waals surface area contributed by atoms with Crippen molar-refractivity contribution < 1.29 is 0 Å². The van der Waals surface area contributed by atoms with E-state index in [2.05, 4.69) is 0 Å². The maximum absolute atomic E-state index is 8.09. The first-order valence-electron chi connectivity index (χ1n) is 6.76. The Morgan fingerprint density at radius 2 is 1.06 bits per heavy atom. The second-order valence-corrected chi connectivity index (χ2v) is 7.92. The molecule has 2 fully saturated rings. The van der Waals surface area contributed by atoms with Gasteiger partial charge < -0.3 is 0 Å². The molecule has 0 heterocycles. The average molecular weight is 257 g/mol. The van der Waals surface area contributed by atoms with Crippen molar-refractivity contribution in [2.24, 2.45) is 0 Å². The zero-order valence-corrected chi connectivity index (χ0v) is 11.7. The van der Waals surface area contributed by atoms with Crippen molar-refractivity contribution in [2.75, 3.05) is 0 Å². The number of hydrogen-bond donors (Lipinski definition) is 1. The quantitative estimate of drug-likeness (QED) is 0.552. The Balaban J connectivity index is 1.66. The molecule has 0 unspecified atom stereocenters. The molecule has 2 aliphatic carbocycles. The first-order chi connectivity index (χ1) is 7.84. The molecular formula is C13H23NS2. The van der Waals surface area contributed by atoms with Gasteiger partial charge in [0.1, 0.15) is 4.38 Å². The van der Waals surface area contributed by atoms with Crippen LogP contribution in [-0.4, -0.2) is 14.9 Å². The van der Waals surface area contributed by atoms with Gasteiger partial charge in [0.15, 0.2) is 0 Å². The molecule has 16 heavy (non-hydrogen) atoms. The van der Waals surface area contributed by atoms with Gasteiger partial charge in [-0.15, -0.1) is 0 Å². The van der Waals surface area contributed by atoms with Gasteiger partial charge >= 0.3 is 0 Å². The van der Waals surface area contributed by atoms with Crippen LogP contribution in [0.15, 0.2) is 0 Å². The normalized spacial score (nSPS) is 24.5. The Bertz CT molecular complexity index is 196. The molecule has 0 aromatic carbocycles. The zero-order chi connectivity index (χ0) is 11.2. The van der Waals surface area contributed by atoms with E-state index in [1.165, 1.54) is 64.2 Å². The first-order valence-corrected chi connectivity index (χ1v) is 8.52. The van der Waals surface area contributed by atoms with Gasteiger partial charge in [-0.1, -0.05) is 62.0 Å². The van der Waals surface area contributed by atoms with Gasteiger partial charge in [0.25, 0.3) is 0 Å². The lowest BCUT2D eigenvalue weighted by atomic mass is 10.0. The summed E-state index contributed by atoms with van der Waals surface area (Å²) in [6.45, 7) is 0. The number of thioether (sulfide) groups is 2. The summed E-state index contributed by atoms with van der Waals surface area (Å²) in [6.07, 6.45) is 13.8. The number of nitrogens with one attached hydrogen (secondary N) is 1. The summed E-state index contributed by atoms with van der Waals surface area (Å²) in [5, 5.41) is 9.61. The van der Waals surface area contributed by atoms with Gasteiger partial charge in [-0.2, -0.15) is 0 Å². The van der Waals surface area contributed by atoms with Crippen LogP contribution in [0.4, 0.5) is 0 Å². The molecule has 2 aliphatic rings.